The predicted molar refractivity (Wildman–Crippen MR) is 78.8 cm³/mol. The second-order valence-electron chi connectivity index (χ2n) is 5.45. The Balaban J connectivity index is 1.89. The normalized spacial score (nSPS) is 28.5. The van der Waals surface area contributed by atoms with Crippen LogP contribution in [-0.2, 0) is 0 Å². The molecule has 1 aromatic carbocycles. The lowest BCUT2D eigenvalue weighted by atomic mass is 9.61. The van der Waals surface area contributed by atoms with Crippen LogP contribution in [0.3, 0.4) is 0 Å². The highest BCUT2D eigenvalue weighted by Gasteiger charge is 2.47. The van der Waals surface area contributed by atoms with E-state index in [0.29, 0.717) is 11.8 Å². The van der Waals surface area contributed by atoms with Crippen LogP contribution in [0, 0.1) is 11.8 Å². The summed E-state index contributed by atoms with van der Waals surface area (Å²) >= 11 is 1.88. The first-order valence-corrected chi connectivity index (χ1v) is 7.59. The molecule has 18 heavy (non-hydrogen) atoms. The molecule has 0 saturated heterocycles. The van der Waals surface area contributed by atoms with Crippen LogP contribution in [0.2, 0.25) is 0 Å². The lowest BCUT2D eigenvalue weighted by Gasteiger charge is -2.49. The zero-order valence-corrected chi connectivity index (χ0v) is 12.0. The summed E-state index contributed by atoms with van der Waals surface area (Å²) in [4.78, 5) is 1.31. The van der Waals surface area contributed by atoms with E-state index >= 15 is 0 Å². The van der Waals surface area contributed by atoms with E-state index in [9.17, 15) is 5.11 Å². The first-order valence-electron chi connectivity index (χ1n) is 6.60. The van der Waals surface area contributed by atoms with E-state index in [2.05, 4.69) is 37.8 Å². The molecule has 1 aliphatic rings. The number of hydrogen-bond donors (Lipinski definition) is 1. The van der Waals surface area contributed by atoms with Crippen molar-refractivity contribution in [2.24, 2.45) is 11.8 Å². The number of rotatable bonds is 5. The molecular formula is C16H22OS. The molecule has 2 rings (SSSR count). The third kappa shape index (κ3) is 2.65. The Labute approximate surface area is 114 Å². The van der Waals surface area contributed by atoms with Crippen LogP contribution in [-0.4, -0.2) is 16.5 Å². The molecule has 0 aliphatic heterocycles. The Morgan fingerprint density at radius 3 is 2.67 bits per heavy atom. The molecule has 0 aromatic heterocycles. The van der Waals surface area contributed by atoms with Gasteiger partial charge in [0.25, 0.3) is 0 Å². The topological polar surface area (TPSA) is 20.2 Å². The van der Waals surface area contributed by atoms with Crippen LogP contribution < -0.4 is 0 Å². The highest BCUT2D eigenvalue weighted by atomic mass is 32.2. The Hall–Kier alpha value is -0.730. The summed E-state index contributed by atoms with van der Waals surface area (Å²) in [5.41, 5.74) is 0.326. The second-order valence-corrected chi connectivity index (χ2v) is 6.54. The van der Waals surface area contributed by atoms with E-state index in [1.54, 1.807) is 0 Å². The molecule has 0 amide bonds. The van der Waals surface area contributed by atoms with Gasteiger partial charge in [-0.3, -0.25) is 0 Å². The molecule has 1 aliphatic carbocycles. The van der Waals surface area contributed by atoms with Crippen LogP contribution >= 0.6 is 11.8 Å². The number of aliphatic hydroxyl groups is 1. The van der Waals surface area contributed by atoms with Crippen LogP contribution in [0.4, 0.5) is 0 Å². The molecule has 0 radical (unpaired) electrons. The van der Waals surface area contributed by atoms with Gasteiger partial charge in [0.05, 0.1) is 5.60 Å². The molecule has 2 heteroatoms. The minimum absolute atomic E-state index is 0.381. The van der Waals surface area contributed by atoms with Gasteiger partial charge in [0.15, 0.2) is 0 Å². The number of thioether (sulfide) groups is 1. The van der Waals surface area contributed by atoms with E-state index in [0.717, 1.165) is 24.2 Å². The molecule has 98 valence electrons. The van der Waals surface area contributed by atoms with Crippen molar-refractivity contribution in [3.8, 4) is 0 Å². The third-order valence-corrected chi connectivity index (χ3v) is 5.43. The van der Waals surface area contributed by atoms with Gasteiger partial charge in [0.1, 0.15) is 0 Å². The van der Waals surface area contributed by atoms with Crippen molar-refractivity contribution in [1.29, 1.82) is 0 Å². The van der Waals surface area contributed by atoms with Crippen LogP contribution in [0.5, 0.6) is 0 Å². The molecular weight excluding hydrogens is 240 g/mol. The standard InChI is InChI=1S/C16H22OS/c1-12(2)16(17)10-9-15(16)13(3)11-18-14-7-5-4-6-8-14/h4-8,13,15,17H,1,9-11H2,2-3H3. The summed E-state index contributed by atoms with van der Waals surface area (Å²) in [6, 6.07) is 10.5. The van der Waals surface area contributed by atoms with Gasteiger partial charge in [-0.05, 0) is 49.3 Å². The lowest BCUT2D eigenvalue weighted by molar-refractivity contribution is -0.0804. The van der Waals surface area contributed by atoms with E-state index in [1.807, 2.05) is 24.8 Å². The van der Waals surface area contributed by atoms with Gasteiger partial charge in [-0.25, -0.2) is 0 Å². The van der Waals surface area contributed by atoms with E-state index in [-0.39, 0.29) is 0 Å². The first-order chi connectivity index (χ1) is 8.54. The van der Waals surface area contributed by atoms with E-state index in [1.165, 1.54) is 4.90 Å². The van der Waals surface area contributed by atoms with Crippen molar-refractivity contribution in [2.45, 2.75) is 37.2 Å². The van der Waals surface area contributed by atoms with Crippen molar-refractivity contribution in [3.05, 3.63) is 42.5 Å². The fourth-order valence-corrected chi connectivity index (χ4v) is 3.77. The summed E-state index contributed by atoms with van der Waals surface area (Å²) < 4.78 is 0. The molecule has 3 unspecified atom stereocenters. The highest BCUT2D eigenvalue weighted by molar-refractivity contribution is 7.99. The average Bonchev–Trinajstić information content (AvgIpc) is 2.35. The highest BCUT2D eigenvalue weighted by Crippen LogP contribution is 2.48. The van der Waals surface area contributed by atoms with E-state index in [4.69, 9.17) is 0 Å². The molecule has 1 fully saturated rings. The smallest absolute Gasteiger partial charge is 0.0882 e. The quantitative estimate of drug-likeness (QED) is 0.636. The lowest BCUT2D eigenvalue weighted by Crippen LogP contribution is -2.51. The summed E-state index contributed by atoms with van der Waals surface area (Å²) in [6.07, 6.45) is 2.01. The van der Waals surface area contributed by atoms with Crippen molar-refractivity contribution >= 4 is 11.8 Å². The zero-order chi connectivity index (χ0) is 13.2. The summed E-state index contributed by atoms with van der Waals surface area (Å²) in [6.45, 7) is 8.13. The maximum atomic E-state index is 10.5. The first kappa shape index (κ1) is 13.7. The molecule has 0 bridgehead atoms. The Bertz CT molecular complexity index is 414. The molecule has 1 nitrogen and oxygen atoms in total. The zero-order valence-electron chi connectivity index (χ0n) is 11.2. The van der Waals surface area contributed by atoms with Crippen molar-refractivity contribution in [1.82, 2.24) is 0 Å². The summed E-state index contributed by atoms with van der Waals surface area (Å²) in [5.74, 6) is 1.96. The third-order valence-electron chi connectivity index (χ3n) is 4.13. The van der Waals surface area contributed by atoms with Crippen molar-refractivity contribution < 1.29 is 5.11 Å². The molecule has 1 aromatic rings. The molecule has 1 saturated carbocycles. The maximum absolute atomic E-state index is 10.5. The van der Waals surface area contributed by atoms with Crippen molar-refractivity contribution in [2.75, 3.05) is 5.75 Å². The molecule has 0 spiro atoms. The Kier molecular flexibility index (Phi) is 4.18. The van der Waals surface area contributed by atoms with Gasteiger partial charge in [-0.2, -0.15) is 0 Å². The summed E-state index contributed by atoms with van der Waals surface area (Å²) in [5, 5.41) is 10.5. The minimum atomic E-state index is -0.601. The van der Waals surface area contributed by atoms with Gasteiger partial charge in [-0.1, -0.05) is 31.7 Å². The van der Waals surface area contributed by atoms with Crippen molar-refractivity contribution in [3.63, 3.8) is 0 Å². The van der Waals surface area contributed by atoms with E-state index < -0.39 is 5.60 Å². The predicted octanol–water partition coefficient (Wildman–Crippen LogP) is 4.13. The van der Waals surface area contributed by atoms with Crippen LogP contribution in [0.15, 0.2) is 47.4 Å². The Morgan fingerprint density at radius 1 is 1.50 bits per heavy atom. The van der Waals surface area contributed by atoms with Gasteiger partial charge in [0, 0.05) is 10.6 Å². The fraction of sp³-hybridized carbons (Fsp3) is 0.500. The summed E-state index contributed by atoms with van der Waals surface area (Å²) in [7, 11) is 0. The van der Waals surface area contributed by atoms with Crippen LogP contribution in [0.1, 0.15) is 26.7 Å². The Morgan fingerprint density at radius 2 is 2.17 bits per heavy atom. The average molecular weight is 262 g/mol. The maximum Gasteiger partial charge on any atom is 0.0882 e. The van der Waals surface area contributed by atoms with Gasteiger partial charge < -0.3 is 5.11 Å². The van der Waals surface area contributed by atoms with Crippen LogP contribution in [0.25, 0.3) is 0 Å². The number of hydrogen-bond acceptors (Lipinski definition) is 2. The minimum Gasteiger partial charge on any atom is -0.385 e. The molecule has 3 atom stereocenters. The monoisotopic (exact) mass is 262 g/mol. The molecule has 1 N–H and O–H groups in total. The number of benzene rings is 1. The van der Waals surface area contributed by atoms with Gasteiger partial charge >= 0.3 is 0 Å². The largest absolute Gasteiger partial charge is 0.385 e. The van der Waals surface area contributed by atoms with Gasteiger partial charge in [-0.15, -0.1) is 11.8 Å². The molecule has 0 heterocycles. The SMILES string of the molecule is C=C(C)C1(O)CCC1C(C)CSc1ccccc1. The fourth-order valence-electron chi connectivity index (χ4n) is 2.73. The second kappa shape index (κ2) is 5.50. The van der Waals surface area contributed by atoms with Gasteiger partial charge in [0.2, 0.25) is 0 Å².